The summed E-state index contributed by atoms with van der Waals surface area (Å²) in [5.74, 6) is -0.655. The number of nitrogens with zero attached hydrogens (tertiary/aromatic N) is 3. The molecule has 2 aromatic heterocycles. The molecule has 158 valence electrons. The lowest BCUT2D eigenvalue weighted by atomic mass is 10.1. The molecule has 6 nitrogen and oxygen atoms in total. The summed E-state index contributed by atoms with van der Waals surface area (Å²) in [6.07, 6.45) is 2.35. The highest BCUT2D eigenvalue weighted by molar-refractivity contribution is 5.94. The number of carbonyl (C=O) groups excluding carboxylic acids is 1. The molecule has 1 amide bonds. The molecule has 0 atom stereocenters. The van der Waals surface area contributed by atoms with Crippen LogP contribution in [-0.4, -0.2) is 53.6 Å². The Morgan fingerprint density at radius 3 is 2.80 bits per heavy atom. The van der Waals surface area contributed by atoms with Gasteiger partial charge < -0.3 is 10.1 Å². The SMILES string of the molecule is CCc1ccc2nc(C(=O)NCCN(CC)CCOc3cccnc3F)ccc2c1. The van der Waals surface area contributed by atoms with Gasteiger partial charge in [0, 0.05) is 31.2 Å². The maximum atomic E-state index is 13.5. The van der Waals surface area contributed by atoms with Crippen LogP contribution in [-0.2, 0) is 6.42 Å². The molecule has 0 fully saturated rings. The third kappa shape index (κ3) is 5.73. The van der Waals surface area contributed by atoms with Crippen LogP contribution in [0, 0.1) is 5.95 Å². The largest absolute Gasteiger partial charge is 0.487 e. The zero-order valence-corrected chi connectivity index (χ0v) is 17.4. The van der Waals surface area contributed by atoms with Gasteiger partial charge in [0.05, 0.1) is 5.52 Å². The van der Waals surface area contributed by atoms with Crippen molar-refractivity contribution in [2.75, 3.05) is 32.8 Å². The minimum absolute atomic E-state index is 0.148. The molecular formula is C23H27FN4O2. The molecule has 0 aliphatic rings. The molecular weight excluding hydrogens is 383 g/mol. The fourth-order valence-corrected chi connectivity index (χ4v) is 3.13. The zero-order valence-electron chi connectivity index (χ0n) is 17.4. The summed E-state index contributed by atoms with van der Waals surface area (Å²) in [5, 5.41) is 3.95. The summed E-state index contributed by atoms with van der Waals surface area (Å²) in [6.45, 7) is 7.05. The van der Waals surface area contributed by atoms with Crippen molar-refractivity contribution in [1.82, 2.24) is 20.2 Å². The molecule has 3 rings (SSSR count). The second-order valence-electron chi connectivity index (χ2n) is 6.91. The standard InChI is InChI=1S/C23H27FN4O2/c1-3-17-7-9-19-18(16-17)8-10-20(27-19)23(29)26-12-13-28(4-2)14-15-30-21-6-5-11-25-22(21)24/h5-11,16H,3-4,12-15H2,1-2H3,(H,26,29). The van der Waals surface area contributed by atoms with Crippen LogP contribution in [0.2, 0.25) is 0 Å². The lowest BCUT2D eigenvalue weighted by Gasteiger charge is -2.20. The molecule has 30 heavy (non-hydrogen) atoms. The Morgan fingerprint density at radius 1 is 1.17 bits per heavy atom. The molecule has 0 unspecified atom stereocenters. The minimum atomic E-state index is -0.610. The lowest BCUT2D eigenvalue weighted by molar-refractivity contribution is 0.0943. The summed E-state index contributed by atoms with van der Waals surface area (Å²) < 4.78 is 18.9. The van der Waals surface area contributed by atoms with Crippen molar-refractivity contribution in [3.63, 3.8) is 0 Å². The first-order chi connectivity index (χ1) is 14.6. The van der Waals surface area contributed by atoms with Gasteiger partial charge in [-0.3, -0.25) is 9.69 Å². The molecule has 1 N–H and O–H groups in total. The minimum Gasteiger partial charge on any atom is -0.487 e. The zero-order chi connectivity index (χ0) is 21.3. The van der Waals surface area contributed by atoms with E-state index in [-0.39, 0.29) is 11.7 Å². The van der Waals surface area contributed by atoms with Gasteiger partial charge in [0.2, 0.25) is 0 Å². The Balaban J connectivity index is 1.46. The number of aryl methyl sites for hydroxylation is 1. The molecule has 0 saturated carbocycles. The van der Waals surface area contributed by atoms with Gasteiger partial charge in [-0.05, 0) is 48.9 Å². The van der Waals surface area contributed by atoms with Crippen molar-refractivity contribution in [3.05, 3.63) is 65.9 Å². The van der Waals surface area contributed by atoms with E-state index < -0.39 is 5.95 Å². The van der Waals surface area contributed by atoms with Crippen molar-refractivity contribution in [3.8, 4) is 5.75 Å². The summed E-state index contributed by atoms with van der Waals surface area (Å²) in [7, 11) is 0. The quantitative estimate of drug-likeness (QED) is 0.519. The fourth-order valence-electron chi connectivity index (χ4n) is 3.13. The smallest absolute Gasteiger partial charge is 0.269 e. The van der Waals surface area contributed by atoms with Crippen molar-refractivity contribution in [2.24, 2.45) is 0 Å². The summed E-state index contributed by atoms with van der Waals surface area (Å²) in [5.41, 5.74) is 2.47. The molecule has 0 aliphatic heterocycles. The number of fused-ring (bicyclic) bond motifs is 1. The van der Waals surface area contributed by atoms with Gasteiger partial charge >= 0.3 is 0 Å². The Kier molecular flexibility index (Phi) is 7.68. The first kappa shape index (κ1) is 21.6. The summed E-state index contributed by atoms with van der Waals surface area (Å²) in [4.78, 5) is 22.6. The third-order valence-corrected chi connectivity index (χ3v) is 4.95. The summed E-state index contributed by atoms with van der Waals surface area (Å²) >= 11 is 0. The number of hydrogen-bond donors (Lipinski definition) is 1. The molecule has 1 aromatic carbocycles. The second-order valence-corrected chi connectivity index (χ2v) is 6.91. The number of hydrogen-bond acceptors (Lipinski definition) is 5. The normalized spacial score (nSPS) is 11.1. The van der Waals surface area contributed by atoms with Gasteiger partial charge in [0.15, 0.2) is 5.75 Å². The number of likely N-dealkylation sites (N-methyl/N-ethyl adjacent to an activating group) is 1. The highest BCUT2D eigenvalue weighted by Gasteiger charge is 2.10. The Labute approximate surface area is 176 Å². The number of rotatable bonds is 10. The van der Waals surface area contributed by atoms with E-state index in [2.05, 4.69) is 33.2 Å². The number of halogens is 1. The predicted octanol–water partition coefficient (Wildman–Crippen LogP) is 3.46. The van der Waals surface area contributed by atoms with Gasteiger partial charge in [0.1, 0.15) is 12.3 Å². The van der Waals surface area contributed by atoms with E-state index in [1.807, 2.05) is 25.1 Å². The van der Waals surface area contributed by atoms with E-state index in [0.29, 0.717) is 31.9 Å². The lowest BCUT2D eigenvalue weighted by Crippen LogP contribution is -2.37. The molecule has 0 saturated heterocycles. The monoisotopic (exact) mass is 410 g/mol. The molecule has 0 spiro atoms. The maximum Gasteiger partial charge on any atom is 0.269 e. The van der Waals surface area contributed by atoms with Gasteiger partial charge in [-0.25, -0.2) is 9.97 Å². The van der Waals surface area contributed by atoms with Crippen molar-refractivity contribution in [1.29, 1.82) is 0 Å². The topological polar surface area (TPSA) is 67.4 Å². The van der Waals surface area contributed by atoms with Gasteiger partial charge in [-0.2, -0.15) is 4.39 Å². The van der Waals surface area contributed by atoms with Crippen LogP contribution >= 0.6 is 0 Å². The number of pyridine rings is 2. The van der Waals surface area contributed by atoms with Gasteiger partial charge in [-0.1, -0.05) is 26.0 Å². The third-order valence-electron chi connectivity index (χ3n) is 4.95. The number of benzene rings is 1. The van der Waals surface area contributed by atoms with Gasteiger partial charge in [-0.15, -0.1) is 0 Å². The van der Waals surface area contributed by atoms with E-state index in [9.17, 15) is 9.18 Å². The fraction of sp³-hybridized carbons (Fsp3) is 0.348. The van der Waals surface area contributed by atoms with Crippen LogP contribution in [0.25, 0.3) is 10.9 Å². The predicted molar refractivity (Wildman–Crippen MR) is 115 cm³/mol. The molecule has 0 aliphatic carbocycles. The summed E-state index contributed by atoms with van der Waals surface area (Å²) in [6, 6.07) is 13.0. The van der Waals surface area contributed by atoms with Crippen LogP contribution in [0.5, 0.6) is 5.75 Å². The van der Waals surface area contributed by atoms with Crippen LogP contribution in [0.15, 0.2) is 48.7 Å². The van der Waals surface area contributed by atoms with Crippen LogP contribution in [0.4, 0.5) is 4.39 Å². The molecule has 0 bridgehead atoms. The highest BCUT2D eigenvalue weighted by atomic mass is 19.1. The second kappa shape index (κ2) is 10.6. The number of ether oxygens (including phenoxy) is 1. The van der Waals surface area contributed by atoms with E-state index in [1.54, 1.807) is 18.2 Å². The number of nitrogens with one attached hydrogen (secondary N) is 1. The Bertz CT molecular complexity index is 996. The van der Waals surface area contributed by atoms with Crippen molar-refractivity contribution < 1.29 is 13.9 Å². The Hall–Kier alpha value is -3.06. The first-order valence-electron chi connectivity index (χ1n) is 10.2. The van der Waals surface area contributed by atoms with E-state index >= 15 is 0 Å². The van der Waals surface area contributed by atoms with E-state index in [1.165, 1.54) is 11.8 Å². The maximum absolute atomic E-state index is 13.5. The molecule has 2 heterocycles. The Morgan fingerprint density at radius 2 is 2.03 bits per heavy atom. The number of aromatic nitrogens is 2. The van der Waals surface area contributed by atoms with Crippen molar-refractivity contribution >= 4 is 16.8 Å². The number of carbonyl (C=O) groups is 1. The number of amides is 1. The highest BCUT2D eigenvalue weighted by Crippen LogP contribution is 2.15. The van der Waals surface area contributed by atoms with E-state index in [4.69, 9.17) is 4.74 Å². The van der Waals surface area contributed by atoms with Crippen LogP contribution in [0.1, 0.15) is 29.9 Å². The average molecular weight is 410 g/mol. The first-order valence-corrected chi connectivity index (χ1v) is 10.2. The molecule has 3 aromatic rings. The average Bonchev–Trinajstić information content (AvgIpc) is 2.78. The molecule has 0 radical (unpaired) electrons. The van der Waals surface area contributed by atoms with Crippen LogP contribution in [0.3, 0.4) is 0 Å². The van der Waals surface area contributed by atoms with E-state index in [0.717, 1.165) is 23.9 Å². The van der Waals surface area contributed by atoms with Crippen LogP contribution < -0.4 is 10.1 Å². The van der Waals surface area contributed by atoms with Crippen molar-refractivity contribution in [2.45, 2.75) is 20.3 Å². The molecule has 7 heteroatoms. The van der Waals surface area contributed by atoms with Gasteiger partial charge in [0.25, 0.3) is 11.9 Å².